The Morgan fingerprint density at radius 3 is 2.52 bits per heavy atom. The van der Waals surface area contributed by atoms with E-state index in [1.54, 1.807) is 7.05 Å². The van der Waals surface area contributed by atoms with E-state index in [1.165, 1.54) is 6.07 Å². The summed E-state index contributed by atoms with van der Waals surface area (Å²) in [5, 5.41) is 2.62. The van der Waals surface area contributed by atoms with E-state index >= 15 is 0 Å². The maximum atomic E-state index is 13.5. The van der Waals surface area contributed by atoms with Gasteiger partial charge in [0.1, 0.15) is 11.6 Å². The molecule has 1 N–H and O–H groups in total. The summed E-state index contributed by atoms with van der Waals surface area (Å²) >= 11 is 0. The number of hydrogen-bond acceptors (Lipinski definition) is 3. The van der Waals surface area contributed by atoms with Gasteiger partial charge in [-0.05, 0) is 38.1 Å². The molecule has 1 aliphatic heterocycles. The van der Waals surface area contributed by atoms with Gasteiger partial charge in [-0.1, -0.05) is 0 Å². The highest BCUT2D eigenvalue weighted by Gasteiger charge is 2.25. The molecule has 0 bridgehead atoms. The number of nitrogens with one attached hydrogen (secondary N) is 1. The van der Waals surface area contributed by atoms with Crippen LogP contribution in [0.4, 0.5) is 8.78 Å². The number of amides is 1. The van der Waals surface area contributed by atoms with E-state index in [1.807, 2.05) is 4.90 Å². The quantitative estimate of drug-likeness (QED) is 0.859. The monoisotopic (exact) mass is 296 g/mol. The van der Waals surface area contributed by atoms with E-state index in [0.717, 1.165) is 6.07 Å². The first-order valence-electron chi connectivity index (χ1n) is 6.93. The zero-order valence-electron chi connectivity index (χ0n) is 11.9. The lowest BCUT2D eigenvalue weighted by Gasteiger charge is -2.30. The number of carbonyl (C=O) groups is 2. The fraction of sp³-hybridized carbons (Fsp3) is 0.467. The molecule has 0 aliphatic carbocycles. The molecule has 6 heteroatoms. The highest BCUT2D eigenvalue weighted by atomic mass is 19.1. The second-order valence-corrected chi connectivity index (χ2v) is 5.21. The van der Waals surface area contributed by atoms with Gasteiger partial charge in [-0.2, -0.15) is 0 Å². The van der Waals surface area contributed by atoms with E-state index in [9.17, 15) is 18.4 Å². The summed E-state index contributed by atoms with van der Waals surface area (Å²) in [7, 11) is 1.61. The number of halogens is 2. The van der Waals surface area contributed by atoms with Crippen molar-refractivity contribution in [2.24, 2.45) is 5.92 Å². The van der Waals surface area contributed by atoms with Crippen LogP contribution < -0.4 is 5.32 Å². The molecule has 2 rings (SSSR count). The lowest BCUT2D eigenvalue weighted by molar-refractivity contribution is -0.125. The first-order valence-corrected chi connectivity index (χ1v) is 6.93. The summed E-state index contributed by atoms with van der Waals surface area (Å²) < 4.78 is 26.4. The van der Waals surface area contributed by atoms with Crippen LogP contribution in [0, 0.1) is 17.6 Å². The number of Topliss-reactive ketones (excluding diaryl/α,β-unsaturated/α-hetero) is 1. The zero-order chi connectivity index (χ0) is 15.4. The lowest BCUT2D eigenvalue weighted by Crippen LogP contribution is -2.41. The van der Waals surface area contributed by atoms with E-state index in [2.05, 4.69) is 5.32 Å². The van der Waals surface area contributed by atoms with Crippen LogP contribution in [0.1, 0.15) is 23.2 Å². The standard InChI is InChI=1S/C15H18F2N2O2/c1-18-15(21)10-4-6-19(7-5-10)9-14(20)12-3-2-11(16)8-13(12)17/h2-3,8,10H,4-7,9H2,1H3,(H,18,21). The highest BCUT2D eigenvalue weighted by Crippen LogP contribution is 2.18. The molecule has 0 spiro atoms. The van der Waals surface area contributed by atoms with Crippen molar-refractivity contribution in [3.63, 3.8) is 0 Å². The Balaban J connectivity index is 1.91. The molecule has 0 saturated carbocycles. The Labute approximate surface area is 122 Å². The maximum Gasteiger partial charge on any atom is 0.222 e. The predicted octanol–water partition coefficient (Wildman–Crippen LogP) is 1.61. The second kappa shape index (κ2) is 6.76. The van der Waals surface area contributed by atoms with Gasteiger partial charge in [0.2, 0.25) is 5.91 Å². The lowest BCUT2D eigenvalue weighted by atomic mass is 9.95. The minimum Gasteiger partial charge on any atom is -0.359 e. The van der Waals surface area contributed by atoms with Gasteiger partial charge in [-0.15, -0.1) is 0 Å². The van der Waals surface area contributed by atoms with Crippen molar-refractivity contribution in [2.75, 3.05) is 26.7 Å². The molecular formula is C15H18F2N2O2. The van der Waals surface area contributed by atoms with Crippen LogP contribution >= 0.6 is 0 Å². The second-order valence-electron chi connectivity index (χ2n) is 5.21. The van der Waals surface area contributed by atoms with Crippen molar-refractivity contribution in [1.82, 2.24) is 10.2 Å². The van der Waals surface area contributed by atoms with Gasteiger partial charge in [0.15, 0.2) is 5.78 Å². The van der Waals surface area contributed by atoms with Gasteiger partial charge in [-0.25, -0.2) is 8.78 Å². The van der Waals surface area contributed by atoms with E-state index in [-0.39, 0.29) is 29.7 Å². The summed E-state index contributed by atoms with van der Waals surface area (Å²) in [4.78, 5) is 25.4. The fourth-order valence-electron chi connectivity index (χ4n) is 2.56. The smallest absolute Gasteiger partial charge is 0.222 e. The molecule has 0 atom stereocenters. The summed E-state index contributed by atoms with van der Waals surface area (Å²) in [6.45, 7) is 1.32. The third-order valence-corrected chi connectivity index (χ3v) is 3.80. The van der Waals surface area contributed by atoms with Crippen molar-refractivity contribution >= 4 is 11.7 Å². The molecule has 114 valence electrons. The maximum absolute atomic E-state index is 13.5. The first kappa shape index (κ1) is 15.6. The van der Waals surface area contributed by atoms with Crippen molar-refractivity contribution < 1.29 is 18.4 Å². The number of benzene rings is 1. The number of carbonyl (C=O) groups excluding carboxylic acids is 2. The molecule has 0 unspecified atom stereocenters. The molecule has 1 aromatic rings. The van der Waals surface area contributed by atoms with Gasteiger partial charge in [0.25, 0.3) is 0 Å². The predicted molar refractivity (Wildman–Crippen MR) is 73.9 cm³/mol. The Hall–Kier alpha value is -1.82. The molecule has 1 heterocycles. The Kier molecular flexibility index (Phi) is 5.01. The van der Waals surface area contributed by atoms with Crippen LogP contribution in [-0.4, -0.2) is 43.3 Å². The number of hydrogen-bond donors (Lipinski definition) is 1. The molecule has 1 aliphatic rings. The molecule has 0 aromatic heterocycles. The summed E-state index contributed by atoms with van der Waals surface area (Å²) in [6, 6.07) is 2.96. The molecule has 1 fully saturated rings. The molecule has 0 radical (unpaired) electrons. The van der Waals surface area contributed by atoms with Crippen molar-refractivity contribution in [3.8, 4) is 0 Å². The Bertz CT molecular complexity index is 540. The molecule has 4 nitrogen and oxygen atoms in total. The molecule has 1 aromatic carbocycles. The molecule has 1 saturated heterocycles. The van der Waals surface area contributed by atoms with Crippen molar-refractivity contribution in [2.45, 2.75) is 12.8 Å². The van der Waals surface area contributed by atoms with Crippen LogP contribution in [0.5, 0.6) is 0 Å². The summed E-state index contributed by atoms with van der Waals surface area (Å²) in [5.74, 6) is -1.91. The number of likely N-dealkylation sites (tertiary alicyclic amines) is 1. The third kappa shape index (κ3) is 3.85. The van der Waals surface area contributed by atoms with Crippen molar-refractivity contribution in [1.29, 1.82) is 0 Å². The van der Waals surface area contributed by atoms with Crippen LogP contribution in [0.25, 0.3) is 0 Å². The number of nitrogens with zero attached hydrogens (tertiary/aromatic N) is 1. The Morgan fingerprint density at radius 2 is 1.95 bits per heavy atom. The fourth-order valence-corrected chi connectivity index (χ4v) is 2.56. The average molecular weight is 296 g/mol. The summed E-state index contributed by atoms with van der Waals surface area (Å²) in [6.07, 6.45) is 1.36. The first-order chi connectivity index (χ1) is 10.0. The summed E-state index contributed by atoms with van der Waals surface area (Å²) in [5.41, 5.74) is -0.0928. The van der Waals surface area contributed by atoms with Crippen molar-refractivity contribution in [3.05, 3.63) is 35.4 Å². The Morgan fingerprint density at radius 1 is 1.29 bits per heavy atom. The van der Waals surface area contributed by atoms with Crippen LogP contribution in [-0.2, 0) is 4.79 Å². The molecule has 21 heavy (non-hydrogen) atoms. The SMILES string of the molecule is CNC(=O)C1CCN(CC(=O)c2ccc(F)cc2F)CC1. The minimum absolute atomic E-state index is 0.0190. The third-order valence-electron chi connectivity index (χ3n) is 3.80. The number of rotatable bonds is 4. The van der Waals surface area contributed by atoms with Crippen LogP contribution in [0.3, 0.4) is 0 Å². The zero-order valence-corrected chi connectivity index (χ0v) is 11.9. The van der Waals surface area contributed by atoms with Crippen LogP contribution in [0.15, 0.2) is 18.2 Å². The minimum atomic E-state index is -0.833. The van der Waals surface area contributed by atoms with Gasteiger partial charge >= 0.3 is 0 Å². The largest absolute Gasteiger partial charge is 0.359 e. The van der Waals surface area contributed by atoms with Crippen LogP contribution in [0.2, 0.25) is 0 Å². The normalized spacial score (nSPS) is 16.7. The average Bonchev–Trinajstić information content (AvgIpc) is 2.47. The molecular weight excluding hydrogens is 278 g/mol. The van der Waals surface area contributed by atoms with E-state index < -0.39 is 11.6 Å². The topological polar surface area (TPSA) is 49.4 Å². The number of piperidine rings is 1. The van der Waals surface area contributed by atoms with Gasteiger partial charge in [-0.3, -0.25) is 14.5 Å². The van der Waals surface area contributed by atoms with Gasteiger partial charge < -0.3 is 5.32 Å². The van der Waals surface area contributed by atoms with Gasteiger partial charge in [0, 0.05) is 19.0 Å². The van der Waals surface area contributed by atoms with Gasteiger partial charge in [0.05, 0.1) is 12.1 Å². The molecule has 1 amide bonds. The highest BCUT2D eigenvalue weighted by molar-refractivity contribution is 5.97. The van der Waals surface area contributed by atoms with E-state index in [0.29, 0.717) is 32.0 Å². The van der Waals surface area contributed by atoms with E-state index in [4.69, 9.17) is 0 Å². The number of ketones is 1.